The van der Waals surface area contributed by atoms with E-state index in [2.05, 4.69) is 4.72 Å². The summed E-state index contributed by atoms with van der Waals surface area (Å²) in [6, 6.07) is 5.90. The summed E-state index contributed by atoms with van der Waals surface area (Å²) in [5.74, 6) is -0.541. The molecule has 7 heteroatoms. The Morgan fingerprint density at radius 2 is 2.30 bits per heavy atom. The van der Waals surface area contributed by atoms with Gasteiger partial charge in [-0.2, -0.15) is 5.26 Å². The van der Waals surface area contributed by atoms with Crippen molar-refractivity contribution < 1.29 is 12.8 Å². The first-order valence-corrected chi connectivity index (χ1v) is 7.99. The molecule has 0 bridgehead atoms. The summed E-state index contributed by atoms with van der Waals surface area (Å²) in [7, 11) is -1.96. The molecule has 0 amide bonds. The maximum absolute atomic E-state index is 14.0. The molecule has 1 aromatic rings. The van der Waals surface area contributed by atoms with Crippen LogP contribution in [0.5, 0.6) is 0 Å². The molecule has 0 spiro atoms. The van der Waals surface area contributed by atoms with E-state index >= 15 is 0 Å². The van der Waals surface area contributed by atoms with Gasteiger partial charge < -0.3 is 4.90 Å². The van der Waals surface area contributed by atoms with Gasteiger partial charge in [-0.15, -0.1) is 0 Å². The second-order valence-corrected chi connectivity index (χ2v) is 6.72. The average Bonchev–Trinajstić information content (AvgIpc) is 2.85. The van der Waals surface area contributed by atoms with Crippen LogP contribution in [0.1, 0.15) is 18.4 Å². The summed E-state index contributed by atoms with van der Waals surface area (Å²) in [6.45, 7) is 0.618. The van der Waals surface area contributed by atoms with Crippen LogP contribution in [0.2, 0.25) is 0 Å². The molecule has 1 saturated heterocycles. The lowest BCUT2D eigenvalue weighted by atomic mass is 10.2. The number of nitriles is 1. The van der Waals surface area contributed by atoms with Gasteiger partial charge in [0.2, 0.25) is 10.0 Å². The molecule has 1 fully saturated rings. The first kappa shape index (κ1) is 14.8. The van der Waals surface area contributed by atoms with Crippen LogP contribution in [0.4, 0.5) is 10.1 Å². The molecule has 108 valence electrons. The standard InChI is InChI=1S/C13H16FN3O2S/c1-16-20(18,19)9-11-3-2-6-17(11)13-5-4-10(8-15)7-12(13)14/h4-5,7,11,16H,2-3,6,9H2,1H3/t11-/m1/s1. The molecule has 0 radical (unpaired) electrons. The molecule has 1 heterocycles. The molecular weight excluding hydrogens is 281 g/mol. The van der Waals surface area contributed by atoms with Crippen molar-refractivity contribution in [1.29, 1.82) is 5.26 Å². The van der Waals surface area contributed by atoms with E-state index in [-0.39, 0.29) is 17.4 Å². The second-order valence-electron chi connectivity index (χ2n) is 4.75. The maximum atomic E-state index is 14.0. The van der Waals surface area contributed by atoms with E-state index in [1.807, 2.05) is 6.07 Å². The highest BCUT2D eigenvalue weighted by Gasteiger charge is 2.30. The monoisotopic (exact) mass is 297 g/mol. The lowest BCUT2D eigenvalue weighted by molar-refractivity contribution is 0.574. The number of anilines is 1. The first-order valence-electron chi connectivity index (χ1n) is 6.34. The van der Waals surface area contributed by atoms with Gasteiger partial charge >= 0.3 is 0 Å². The Morgan fingerprint density at radius 3 is 2.90 bits per heavy atom. The summed E-state index contributed by atoms with van der Waals surface area (Å²) in [4.78, 5) is 1.77. The van der Waals surface area contributed by atoms with E-state index in [1.165, 1.54) is 19.2 Å². The molecule has 0 aromatic heterocycles. The summed E-state index contributed by atoms with van der Waals surface area (Å²) in [5.41, 5.74) is 0.614. The average molecular weight is 297 g/mol. The minimum atomic E-state index is -3.34. The molecule has 0 saturated carbocycles. The molecule has 2 rings (SSSR count). The van der Waals surface area contributed by atoms with E-state index in [9.17, 15) is 12.8 Å². The summed E-state index contributed by atoms with van der Waals surface area (Å²) >= 11 is 0. The van der Waals surface area contributed by atoms with E-state index < -0.39 is 15.8 Å². The van der Waals surface area contributed by atoms with Crippen LogP contribution in [0.25, 0.3) is 0 Å². The van der Waals surface area contributed by atoms with Gasteiger partial charge in [0, 0.05) is 12.6 Å². The third-order valence-corrected chi connectivity index (χ3v) is 4.93. The largest absolute Gasteiger partial charge is 0.365 e. The molecule has 1 N–H and O–H groups in total. The molecular formula is C13H16FN3O2S. The van der Waals surface area contributed by atoms with Gasteiger partial charge in [0.05, 0.1) is 23.1 Å². The molecule has 1 aromatic carbocycles. The SMILES string of the molecule is CNS(=O)(=O)C[C@H]1CCCN1c1ccc(C#N)cc1F. The number of benzene rings is 1. The number of nitrogens with one attached hydrogen (secondary N) is 1. The van der Waals surface area contributed by atoms with Crippen LogP contribution >= 0.6 is 0 Å². The Morgan fingerprint density at radius 1 is 1.55 bits per heavy atom. The number of nitrogens with zero attached hydrogens (tertiary/aromatic N) is 2. The van der Waals surface area contributed by atoms with Crippen LogP contribution in [0.15, 0.2) is 18.2 Å². The highest BCUT2D eigenvalue weighted by molar-refractivity contribution is 7.89. The molecule has 5 nitrogen and oxygen atoms in total. The zero-order valence-electron chi connectivity index (χ0n) is 11.1. The quantitative estimate of drug-likeness (QED) is 0.907. The van der Waals surface area contributed by atoms with Crippen molar-refractivity contribution in [2.24, 2.45) is 0 Å². The summed E-state index contributed by atoms with van der Waals surface area (Å²) < 4.78 is 39.6. The van der Waals surface area contributed by atoms with Crippen LogP contribution < -0.4 is 9.62 Å². The van der Waals surface area contributed by atoms with Crippen molar-refractivity contribution in [3.05, 3.63) is 29.6 Å². The predicted molar refractivity (Wildman–Crippen MR) is 74.3 cm³/mol. The number of rotatable bonds is 4. The fourth-order valence-corrected chi connectivity index (χ4v) is 3.49. The number of hydrogen-bond donors (Lipinski definition) is 1. The fourth-order valence-electron chi connectivity index (χ4n) is 2.47. The third-order valence-electron chi connectivity index (χ3n) is 3.49. The molecule has 0 aliphatic carbocycles. The van der Waals surface area contributed by atoms with Gasteiger partial charge in [0.25, 0.3) is 0 Å². The van der Waals surface area contributed by atoms with Crippen LogP contribution in [0, 0.1) is 17.1 Å². The van der Waals surface area contributed by atoms with Gasteiger partial charge in [0.15, 0.2) is 0 Å². The van der Waals surface area contributed by atoms with E-state index in [0.717, 1.165) is 6.42 Å². The van der Waals surface area contributed by atoms with E-state index in [4.69, 9.17) is 5.26 Å². The molecule has 20 heavy (non-hydrogen) atoms. The normalized spacial score (nSPS) is 19.1. The van der Waals surface area contributed by atoms with Crippen molar-refractivity contribution in [3.8, 4) is 6.07 Å². The van der Waals surface area contributed by atoms with Crippen LogP contribution in [-0.4, -0.2) is 33.8 Å². The Kier molecular flexibility index (Phi) is 4.26. The minimum absolute atomic E-state index is 0.0526. The third kappa shape index (κ3) is 3.08. The van der Waals surface area contributed by atoms with Gasteiger partial charge in [-0.1, -0.05) is 0 Å². The van der Waals surface area contributed by atoms with Gasteiger partial charge in [0.1, 0.15) is 5.82 Å². The molecule has 0 unspecified atom stereocenters. The van der Waals surface area contributed by atoms with Gasteiger partial charge in [-0.3, -0.25) is 0 Å². The predicted octanol–water partition coefficient (Wildman–Crippen LogP) is 1.22. The molecule has 1 atom stereocenters. The number of sulfonamides is 1. The number of hydrogen-bond acceptors (Lipinski definition) is 4. The van der Waals surface area contributed by atoms with Gasteiger partial charge in [-0.25, -0.2) is 17.5 Å². The van der Waals surface area contributed by atoms with Crippen molar-refractivity contribution in [3.63, 3.8) is 0 Å². The second kappa shape index (κ2) is 5.77. The van der Waals surface area contributed by atoms with E-state index in [1.54, 1.807) is 11.0 Å². The maximum Gasteiger partial charge on any atom is 0.213 e. The smallest absolute Gasteiger partial charge is 0.213 e. The lowest BCUT2D eigenvalue weighted by Crippen LogP contribution is -2.38. The topological polar surface area (TPSA) is 73.2 Å². The minimum Gasteiger partial charge on any atom is -0.365 e. The number of halogens is 1. The first-order chi connectivity index (χ1) is 9.46. The molecule has 1 aliphatic rings. The zero-order valence-corrected chi connectivity index (χ0v) is 12.0. The fraction of sp³-hybridized carbons (Fsp3) is 0.462. The van der Waals surface area contributed by atoms with Gasteiger partial charge in [-0.05, 0) is 38.1 Å². The summed E-state index contributed by atoms with van der Waals surface area (Å²) in [5, 5.41) is 8.74. The Labute approximate surface area is 118 Å². The van der Waals surface area contributed by atoms with Crippen molar-refractivity contribution >= 4 is 15.7 Å². The zero-order chi connectivity index (χ0) is 14.8. The van der Waals surface area contributed by atoms with Crippen molar-refractivity contribution in [2.45, 2.75) is 18.9 Å². The van der Waals surface area contributed by atoms with Crippen LogP contribution in [0.3, 0.4) is 0 Å². The highest BCUT2D eigenvalue weighted by Crippen LogP contribution is 2.29. The van der Waals surface area contributed by atoms with Crippen molar-refractivity contribution in [1.82, 2.24) is 4.72 Å². The Hall–Kier alpha value is -1.65. The lowest BCUT2D eigenvalue weighted by Gasteiger charge is -2.27. The highest BCUT2D eigenvalue weighted by atomic mass is 32.2. The Bertz CT molecular complexity index is 640. The Balaban J connectivity index is 2.25. The van der Waals surface area contributed by atoms with Crippen molar-refractivity contribution in [2.75, 3.05) is 24.2 Å². The van der Waals surface area contributed by atoms with Crippen LogP contribution in [-0.2, 0) is 10.0 Å². The molecule has 1 aliphatic heterocycles. The van der Waals surface area contributed by atoms with E-state index in [0.29, 0.717) is 18.7 Å². The summed E-state index contributed by atoms with van der Waals surface area (Å²) in [6.07, 6.45) is 1.53.